The van der Waals surface area contributed by atoms with Crippen LogP contribution >= 0.6 is 0 Å². The molecule has 4 heteroatoms. The van der Waals surface area contributed by atoms with Crippen LogP contribution in [0.5, 0.6) is 0 Å². The van der Waals surface area contributed by atoms with Crippen molar-refractivity contribution in [1.82, 2.24) is 0 Å². The Morgan fingerprint density at radius 2 is 1.41 bits per heavy atom. The summed E-state index contributed by atoms with van der Waals surface area (Å²) in [4.78, 5) is 20.9. The standard InChI is InChI=1S/C20H20.C8H6O4/c1-2-14-7-8-16-10-11-18-17-6-4-3-5-15(17)9-12-19(18)20(16)13-14;9-7(10)5-3-1-2-4-6(5)8(11)12/h3-6,9-12,14H,2,7-8,13H2,1H3;1-4H,(H,9,10)(H,11,12). The highest BCUT2D eigenvalue weighted by Gasteiger charge is 2.19. The van der Waals surface area contributed by atoms with Gasteiger partial charge in [-0.3, -0.25) is 0 Å². The van der Waals surface area contributed by atoms with Crippen LogP contribution in [0.2, 0.25) is 0 Å². The van der Waals surface area contributed by atoms with Gasteiger partial charge < -0.3 is 10.2 Å². The van der Waals surface area contributed by atoms with Gasteiger partial charge >= 0.3 is 11.9 Å². The Balaban J connectivity index is 0.000000176. The summed E-state index contributed by atoms with van der Waals surface area (Å²) >= 11 is 0. The first-order valence-electron chi connectivity index (χ1n) is 11.0. The molecule has 0 bridgehead atoms. The number of carbonyl (C=O) groups is 2. The van der Waals surface area contributed by atoms with Crippen molar-refractivity contribution < 1.29 is 19.8 Å². The zero-order valence-corrected chi connectivity index (χ0v) is 18.0. The average Bonchev–Trinajstić information content (AvgIpc) is 2.83. The first-order chi connectivity index (χ1) is 15.5. The van der Waals surface area contributed by atoms with Crippen LogP contribution in [-0.2, 0) is 12.8 Å². The molecule has 1 aliphatic carbocycles. The van der Waals surface area contributed by atoms with Crippen LogP contribution in [-0.4, -0.2) is 22.2 Å². The summed E-state index contributed by atoms with van der Waals surface area (Å²) in [6.45, 7) is 2.33. The Bertz CT molecular complexity index is 1270. The molecule has 0 fully saturated rings. The maximum absolute atomic E-state index is 10.5. The number of benzene rings is 4. The number of hydrogen-bond acceptors (Lipinski definition) is 2. The molecule has 0 heterocycles. The van der Waals surface area contributed by atoms with E-state index in [2.05, 4.69) is 55.5 Å². The van der Waals surface area contributed by atoms with E-state index in [-0.39, 0.29) is 11.1 Å². The highest BCUT2D eigenvalue weighted by atomic mass is 16.4. The third kappa shape index (κ3) is 4.22. The fourth-order valence-corrected chi connectivity index (χ4v) is 4.63. The molecule has 1 atom stereocenters. The molecular formula is C28H26O4. The molecule has 0 radical (unpaired) electrons. The molecule has 0 saturated carbocycles. The number of carboxylic acid groups (broad SMARTS) is 2. The van der Waals surface area contributed by atoms with E-state index < -0.39 is 11.9 Å². The topological polar surface area (TPSA) is 74.6 Å². The largest absolute Gasteiger partial charge is 0.478 e. The van der Waals surface area contributed by atoms with Gasteiger partial charge in [-0.25, -0.2) is 9.59 Å². The van der Waals surface area contributed by atoms with Crippen molar-refractivity contribution >= 4 is 33.5 Å². The predicted molar refractivity (Wildman–Crippen MR) is 128 cm³/mol. The van der Waals surface area contributed by atoms with Crippen molar-refractivity contribution in [2.45, 2.75) is 32.6 Å². The fourth-order valence-electron chi connectivity index (χ4n) is 4.63. The molecule has 32 heavy (non-hydrogen) atoms. The molecule has 0 saturated heterocycles. The smallest absolute Gasteiger partial charge is 0.336 e. The molecule has 1 aliphatic rings. The Kier molecular flexibility index (Phi) is 6.22. The lowest BCUT2D eigenvalue weighted by molar-refractivity contribution is 0.0651. The van der Waals surface area contributed by atoms with E-state index in [0.717, 1.165) is 5.92 Å². The minimum atomic E-state index is -1.23. The number of aromatic carboxylic acids is 2. The van der Waals surface area contributed by atoms with Gasteiger partial charge in [0.05, 0.1) is 11.1 Å². The van der Waals surface area contributed by atoms with E-state index in [1.807, 2.05) is 0 Å². The van der Waals surface area contributed by atoms with Gasteiger partial charge in [-0.1, -0.05) is 74.0 Å². The molecule has 1 unspecified atom stereocenters. The predicted octanol–water partition coefficient (Wildman–Crippen LogP) is 6.59. The van der Waals surface area contributed by atoms with Crippen LogP contribution in [0, 0.1) is 5.92 Å². The van der Waals surface area contributed by atoms with Crippen molar-refractivity contribution in [2.24, 2.45) is 5.92 Å². The van der Waals surface area contributed by atoms with Gasteiger partial charge in [0.2, 0.25) is 0 Å². The molecule has 0 aliphatic heterocycles. The molecule has 5 rings (SSSR count). The minimum Gasteiger partial charge on any atom is -0.478 e. The first kappa shape index (κ1) is 21.6. The SMILES string of the molecule is CCC1CCc2ccc3c(ccc4ccccc43)c2C1.O=C(O)c1ccccc1C(=O)O. The molecule has 2 N–H and O–H groups in total. The summed E-state index contributed by atoms with van der Waals surface area (Å²) in [5.74, 6) is -1.58. The Labute approximate surface area is 187 Å². The molecule has 0 spiro atoms. The summed E-state index contributed by atoms with van der Waals surface area (Å²) in [5, 5.41) is 22.8. The van der Waals surface area contributed by atoms with Crippen molar-refractivity contribution in [3.8, 4) is 0 Å². The highest BCUT2D eigenvalue weighted by molar-refractivity contribution is 6.08. The molecule has 0 aromatic heterocycles. The number of hydrogen-bond donors (Lipinski definition) is 2. The third-order valence-corrected chi connectivity index (χ3v) is 6.41. The van der Waals surface area contributed by atoms with E-state index in [4.69, 9.17) is 10.2 Å². The lowest BCUT2D eigenvalue weighted by Gasteiger charge is -2.25. The van der Waals surface area contributed by atoms with Gasteiger partial charge in [-0.2, -0.15) is 0 Å². The Hall–Kier alpha value is -3.66. The Morgan fingerprint density at radius 1 is 0.781 bits per heavy atom. The second-order valence-electron chi connectivity index (χ2n) is 8.26. The summed E-state index contributed by atoms with van der Waals surface area (Å²) in [7, 11) is 0. The normalized spacial score (nSPS) is 15.0. The van der Waals surface area contributed by atoms with E-state index in [1.165, 1.54) is 71.5 Å². The van der Waals surface area contributed by atoms with Gasteiger partial charge in [0.15, 0.2) is 0 Å². The molecular weight excluding hydrogens is 400 g/mol. The quantitative estimate of drug-likeness (QED) is 0.362. The molecule has 0 amide bonds. The van der Waals surface area contributed by atoms with Crippen LogP contribution in [0.15, 0.2) is 72.8 Å². The Morgan fingerprint density at radius 3 is 2.06 bits per heavy atom. The molecule has 4 aromatic rings. The summed E-state index contributed by atoms with van der Waals surface area (Å²) in [5.41, 5.74) is 2.82. The zero-order chi connectivity index (χ0) is 22.7. The monoisotopic (exact) mass is 426 g/mol. The second kappa shape index (κ2) is 9.23. The number of aryl methyl sites for hydroxylation is 1. The first-order valence-corrected chi connectivity index (χ1v) is 11.0. The van der Waals surface area contributed by atoms with E-state index in [9.17, 15) is 9.59 Å². The van der Waals surface area contributed by atoms with Crippen LogP contribution in [0.3, 0.4) is 0 Å². The van der Waals surface area contributed by atoms with Crippen LogP contribution < -0.4 is 0 Å². The van der Waals surface area contributed by atoms with Crippen molar-refractivity contribution in [3.63, 3.8) is 0 Å². The van der Waals surface area contributed by atoms with Gasteiger partial charge in [-0.15, -0.1) is 0 Å². The average molecular weight is 427 g/mol. The maximum atomic E-state index is 10.5. The van der Waals surface area contributed by atoms with Gasteiger partial charge in [0.25, 0.3) is 0 Å². The summed E-state index contributed by atoms with van der Waals surface area (Å²) in [6.07, 6.45) is 5.20. The number of rotatable bonds is 3. The van der Waals surface area contributed by atoms with Gasteiger partial charge in [-0.05, 0) is 70.0 Å². The lowest BCUT2D eigenvalue weighted by atomic mass is 9.80. The van der Waals surface area contributed by atoms with Crippen molar-refractivity contribution in [2.75, 3.05) is 0 Å². The zero-order valence-electron chi connectivity index (χ0n) is 18.0. The van der Waals surface area contributed by atoms with Gasteiger partial charge in [0.1, 0.15) is 0 Å². The van der Waals surface area contributed by atoms with E-state index in [1.54, 1.807) is 11.1 Å². The lowest BCUT2D eigenvalue weighted by Crippen LogP contribution is -2.13. The molecule has 4 nitrogen and oxygen atoms in total. The fraction of sp³-hybridized carbons (Fsp3) is 0.214. The maximum Gasteiger partial charge on any atom is 0.336 e. The van der Waals surface area contributed by atoms with Gasteiger partial charge in [0, 0.05) is 0 Å². The second-order valence-corrected chi connectivity index (χ2v) is 8.26. The number of carboxylic acids is 2. The van der Waals surface area contributed by atoms with Crippen LogP contribution in [0.4, 0.5) is 0 Å². The van der Waals surface area contributed by atoms with Crippen LogP contribution in [0.25, 0.3) is 21.5 Å². The third-order valence-electron chi connectivity index (χ3n) is 6.41. The molecule has 162 valence electrons. The number of fused-ring (bicyclic) bond motifs is 5. The minimum absolute atomic E-state index is 0.190. The highest BCUT2D eigenvalue weighted by Crippen LogP contribution is 2.35. The van der Waals surface area contributed by atoms with Crippen LogP contribution in [0.1, 0.15) is 51.6 Å². The van der Waals surface area contributed by atoms with Crippen molar-refractivity contribution in [3.05, 3.63) is 95.1 Å². The van der Waals surface area contributed by atoms with E-state index >= 15 is 0 Å². The summed E-state index contributed by atoms with van der Waals surface area (Å²) in [6, 6.07) is 23.5. The summed E-state index contributed by atoms with van der Waals surface area (Å²) < 4.78 is 0. The van der Waals surface area contributed by atoms with Crippen molar-refractivity contribution in [1.29, 1.82) is 0 Å². The molecule has 4 aromatic carbocycles. The van der Waals surface area contributed by atoms with E-state index in [0.29, 0.717) is 0 Å².